The normalized spacial score (nSPS) is 24.2. The third-order valence-electron chi connectivity index (χ3n) is 1.96. The Morgan fingerprint density at radius 3 is 3.08 bits per heavy atom. The zero-order valence-corrected chi connectivity index (χ0v) is 8.39. The Morgan fingerprint density at radius 2 is 2.50 bits per heavy atom. The standard InChI is InChI=1S/C8H15NO2S/c1-7-6-12-4-3-9(7)8(10)5-11-2/h7H,3-6H2,1-2H3. The number of carbonyl (C=O) groups excluding carboxylic acids is 1. The number of methoxy groups -OCH3 is 1. The number of nitrogens with zero attached hydrogens (tertiary/aromatic N) is 1. The topological polar surface area (TPSA) is 29.5 Å². The number of rotatable bonds is 2. The number of amides is 1. The summed E-state index contributed by atoms with van der Waals surface area (Å²) in [6, 6.07) is 0.367. The molecule has 1 amide bonds. The summed E-state index contributed by atoms with van der Waals surface area (Å²) in [5.74, 6) is 2.22. The average molecular weight is 189 g/mol. The molecule has 12 heavy (non-hydrogen) atoms. The van der Waals surface area contributed by atoms with Gasteiger partial charge in [0.05, 0.1) is 0 Å². The van der Waals surface area contributed by atoms with Gasteiger partial charge in [-0.05, 0) is 6.92 Å². The van der Waals surface area contributed by atoms with Crippen molar-refractivity contribution in [3.8, 4) is 0 Å². The van der Waals surface area contributed by atoms with Crippen molar-refractivity contribution in [3.63, 3.8) is 0 Å². The Morgan fingerprint density at radius 1 is 1.75 bits per heavy atom. The molecule has 0 aliphatic carbocycles. The average Bonchev–Trinajstić information content (AvgIpc) is 2.05. The van der Waals surface area contributed by atoms with Crippen molar-refractivity contribution in [1.29, 1.82) is 0 Å². The molecule has 1 unspecified atom stereocenters. The highest BCUT2D eigenvalue weighted by atomic mass is 32.2. The lowest BCUT2D eigenvalue weighted by Crippen LogP contribution is -2.45. The largest absolute Gasteiger partial charge is 0.375 e. The molecule has 3 nitrogen and oxygen atoms in total. The van der Waals surface area contributed by atoms with E-state index in [9.17, 15) is 4.79 Å². The van der Waals surface area contributed by atoms with Gasteiger partial charge in [-0.15, -0.1) is 0 Å². The molecule has 1 aliphatic rings. The molecule has 1 atom stereocenters. The van der Waals surface area contributed by atoms with Crippen molar-refractivity contribution in [3.05, 3.63) is 0 Å². The molecule has 1 aliphatic heterocycles. The van der Waals surface area contributed by atoms with Crippen molar-refractivity contribution in [2.24, 2.45) is 0 Å². The van der Waals surface area contributed by atoms with E-state index in [4.69, 9.17) is 4.74 Å². The van der Waals surface area contributed by atoms with Crippen LogP contribution in [0.1, 0.15) is 6.92 Å². The first-order valence-electron chi connectivity index (χ1n) is 4.12. The van der Waals surface area contributed by atoms with E-state index in [1.165, 1.54) is 0 Å². The molecule has 1 saturated heterocycles. The molecule has 1 rings (SSSR count). The van der Waals surface area contributed by atoms with Gasteiger partial charge in [0, 0.05) is 31.2 Å². The number of hydrogen-bond acceptors (Lipinski definition) is 3. The fraction of sp³-hybridized carbons (Fsp3) is 0.875. The van der Waals surface area contributed by atoms with Gasteiger partial charge in [0.1, 0.15) is 6.61 Å². The van der Waals surface area contributed by atoms with Crippen LogP contribution in [0.5, 0.6) is 0 Å². The molecule has 70 valence electrons. The molecule has 0 aromatic rings. The Labute approximate surface area is 77.4 Å². The monoisotopic (exact) mass is 189 g/mol. The SMILES string of the molecule is COCC(=O)N1CCSCC1C. The van der Waals surface area contributed by atoms with E-state index in [2.05, 4.69) is 6.92 Å². The maximum atomic E-state index is 11.4. The van der Waals surface area contributed by atoms with Gasteiger partial charge in [-0.2, -0.15) is 11.8 Å². The van der Waals surface area contributed by atoms with Crippen molar-refractivity contribution in [1.82, 2.24) is 4.90 Å². The van der Waals surface area contributed by atoms with Crippen molar-refractivity contribution >= 4 is 17.7 Å². The molecule has 1 heterocycles. The minimum atomic E-state index is 0.116. The molecule has 0 aromatic carbocycles. The smallest absolute Gasteiger partial charge is 0.248 e. The quantitative estimate of drug-likeness (QED) is 0.637. The first-order chi connectivity index (χ1) is 5.75. The fourth-order valence-electron chi connectivity index (χ4n) is 1.30. The second-order valence-corrected chi connectivity index (χ2v) is 4.09. The number of carbonyl (C=O) groups is 1. The van der Waals surface area contributed by atoms with Crippen LogP contribution in [0.25, 0.3) is 0 Å². The van der Waals surface area contributed by atoms with Gasteiger partial charge in [-0.25, -0.2) is 0 Å². The van der Waals surface area contributed by atoms with Gasteiger partial charge < -0.3 is 9.64 Å². The second kappa shape index (κ2) is 4.72. The summed E-state index contributed by atoms with van der Waals surface area (Å²) in [7, 11) is 1.56. The van der Waals surface area contributed by atoms with Crippen LogP contribution in [0.3, 0.4) is 0 Å². The van der Waals surface area contributed by atoms with E-state index in [0.29, 0.717) is 6.04 Å². The third-order valence-corrected chi connectivity index (χ3v) is 3.15. The number of ether oxygens (including phenoxy) is 1. The Kier molecular flexibility index (Phi) is 3.88. The highest BCUT2D eigenvalue weighted by molar-refractivity contribution is 7.99. The van der Waals surface area contributed by atoms with E-state index < -0.39 is 0 Å². The van der Waals surface area contributed by atoms with Gasteiger partial charge in [-0.3, -0.25) is 4.79 Å². The molecule has 1 fully saturated rings. The van der Waals surface area contributed by atoms with Crippen molar-refractivity contribution < 1.29 is 9.53 Å². The second-order valence-electron chi connectivity index (χ2n) is 2.94. The van der Waals surface area contributed by atoms with Crippen LogP contribution in [0.2, 0.25) is 0 Å². The summed E-state index contributed by atoms with van der Waals surface area (Å²) < 4.78 is 4.81. The van der Waals surface area contributed by atoms with E-state index in [-0.39, 0.29) is 12.5 Å². The summed E-state index contributed by atoms with van der Waals surface area (Å²) in [6.45, 7) is 3.17. The van der Waals surface area contributed by atoms with Gasteiger partial charge in [0.15, 0.2) is 0 Å². The molecule has 4 heteroatoms. The lowest BCUT2D eigenvalue weighted by molar-refractivity contribution is -0.136. The van der Waals surface area contributed by atoms with E-state index in [1.54, 1.807) is 7.11 Å². The van der Waals surface area contributed by atoms with Gasteiger partial charge in [0.2, 0.25) is 5.91 Å². The van der Waals surface area contributed by atoms with Crippen molar-refractivity contribution in [2.45, 2.75) is 13.0 Å². The van der Waals surface area contributed by atoms with Crippen LogP contribution in [0.4, 0.5) is 0 Å². The van der Waals surface area contributed by atoms with Gasteiger partial charge in [-0.1, -0.05) is 0 Å². The summed E-state index contributed by atoms with van der Waals surface area (Å²) >= 11 is 1.91. The lowest BCUT2D eigenvalue weighted by atomic mass is 10.3. The van der Waals surface area contributed by atoms with E-state index >= 15 is 0 Å². The molecule has 0 spiro atoms. The zero-order chi connectivity index (χ0) is 8.97. The predicted molar refractivity (Wildman–Crippen MR) is 50.4 cm³/mol. The van der Waals surface area contributed by atoms with Crippen LogP contribution in [-0.2, 0) is 9.53 Å². The Balaban J connectivity index is 2.42. The van der Waals surface area contributed by atoms with Gasteiger partial charge in [0.25, 0.3) is 0 Å². The Hall–Kier alpha value is -0.220. The summed E-state index contributed by atoms with van der Waals surface area (Å²) in [5.41, 5.74) is 0. The van der Waals surface area contributed by atoms with Crippen molar-refractivity contribution in [2.75, 3.05) is 31.8 Å². The molecule has 0 saturated carbocycles. The third kappa shape index (κ3) is 2.38. The highest BCUT2D eigenvalue weighted by Gasteiger charge is 2.22. The van der Waals surface area contributed by atoms with Crippen LogP contribution >= 0.6 is 11.8 Å². The van der Waals surface area contributed by atoms with Gasteiger partial charge >= 0.3 is 0 Å². The summed E-state index contributed by atoms with van der Waals surface area (Å²) in [6.07, 6.45) is 0. The summed E-state index contributed by atoms with van der Waals surface area (Å²) in [5, 5.41) is 0. The highest BCUT2D eigenvalue weighted by Crippen LogP contribution is 2.15. The maximum Gasteiger partial charge on any atom is 0.248 e. The van der Waals surface area contributed by atoms with Crippen LogP contribution < -0.4 is 0 Å². The molecule has 0 bridgehead atoms. The first kappa shape index (κ1) is 9.86. The van der Waals surface area contributed by atoms with E-state index in [1.807, 2.05) is 16.7 Å². The molecular weight excluding hydrogens is 174 g/mol. The lowest BCUT2D eigenvalue weighted by Gasteiger charge is -2.32. The zero-order valence-electron chi connectivity index (χ0n) is 7.58. The van der Waals surface area contributed by atoms with Crippen LogP contribution in [0.15, 0.2) is 0 Å². The molecule has 0 radical (unpaired) electrons. The predicted octanol–water partition coefficient (Wildman–Crippen LogP) is 0.597. The number of hydrogen-bond donors (Lipinski definition) is 0. The minimum absolute atomic E-state index is 0.116. The first-order valence-corrected chi connectivity index (χ1v) is 5.27. The summed E-state index contributed by atoms with van der Waals surface area (Å²) in [4.78, 5) is 13.3. The fourth-order valence-corrected chi connectivity index (χ4v) is 2.32. The minimum Gasteiger partial charge on any atom is -0.375 e. The van der Waals surface area contributed by atoms with E-state index in [0.717, 1.165) is 18.1 Å². The molecular formula is C8H15NO2S. The van der Waals surface area contributed by atoms with Crippen LogP contribution in [-0.4, -0.2) is 48.6 Å². The Bertz CT molecular complexity index is 163. The maximum absolute atomic E-state index is 11.4. The molecule has 0 aromatic heterocycles. The number of thioether (sulfide) groups is 1. The molecule has 0 N–H and O–H groups in total. The van der Waals surface area contributed by atoms with Crippen LogP contribution in [0, 0.1) is 0 Å².